The normalized spacial score (nSPS) is 28.1. The van der Waals surface area contributed by atoms with E-state index in [1.165, 1.54) is 4.90 Å². The second-order valence-electron chi connectivity index (χ2n) is 8.05. The minimum Gasteiger partial charge on any atom is -0.326 e. The van der Waals surface area contributed by atoms with Crippen LogP contribution in [0.25, 0.3) is 0 Å². The molecule has 2 aliphatic carbocycles. The largest absolute Gasteiger partial charge is 0.326 e. The van der Waals surface area contributed by atoms with Crippen molar-refractivity contribution in [2.24, 2.45) is 23.7 Å². The van der Waals surface area contributed by atoms with Crippen molar-refractivity contribution < 1.29 is 14.4 Å². The summed E-state index contributed by atoms with van der Waals surface area (Å²) in [5, 5.41) is 2.89. The molecule has 2 fully saturated rings. The van der Waals surface area contributed by atoms with Crippen LogP contribution in [0.3, 0.4) is 0 Å². The van der Waals surface area contributed by atoms with Crippen LogP contribution in [0.4, 0.5) is 5.69 Å². The van der Waals surface area contributed by atoms with Gasteiger partial charge in [-0.25, -0.2) is 0 Å². The predicted octanol–water partition coefficient (Wildman–Crippen LogP) is 3.30. The number of nitrogens with zero attached hydrogens (tertiary/aromatic N) is 1. The van der Waals surface area contributed by atoms with Gasteiger partial charge in [-0.05, 0) is 50.2 Å². The number of fused-ring (bicyclic) bond motifs is 5. The maximum atomic E-state index is 12.6. The van der Waals surface area contributed by atoms with Crippen molar-refractivity contribution >= 4 is 23.4 Å². The van der Waals surface area contributed by atoms with E-state index in [9.17, 15) is 14.4 Å². The standard InChI is InChI=1S/C22H26N2O3/c1-14-6-10-17(11-7-14)23-18(25)5-3-2-4-12-24-21(26)19-15-8-9-16(13-15)20(19)22(24)27/h6-11,15-16,19-20H,2-5,12-13H2,1H3,(H,23,25). The summed E-state index contributed by atoms with van der Waals surface area (Å²) in [5.41, 5.74) is 1.97. The van der Waals surface area contributed by atoms with Gasteiger partial charge >= 0.3 is 0 Å². The van der Waals surface area contributed by atoms with E-state index in [0.29, 0.717) is 13.0 Å². The molecule has 142 valence electrons. The maximum Gasteiger partial charge on any atom is 0.233 e. The Morgan fingerprint density at radius 1 is 1.00 bits per heavy atom. The quantitative estimate of drug-likeness (QED) is 0.457. The van der Waals surface area contributed by atoms with Crippen LogP contribution in [0.1, 0.15) is 37.7 Å². The summed E-state index contributed by atoms with van der Waals surface area (Å²) < 4.78 is 0. The second-order valence-corrected chi connectivity index (χ2v) is 8.05. The summed E-state index contributed by atoms with van der Waals surface area (Å²) in [6.45, 7) is 2.50. The number of unbranched alkanes of at least 4 members (excludes halogenated alkanes) is 2. The molecule has 3 amide bonds. The first-order valence-electron chi connectivity index (χ1n) is 9.94. The Hall–Kier alpha value is -2.43. The van der Waals surface area contributed by atoms with Gasteiger partial charge in [-0.1, -0.05) is 36.3 Å². The molecule has 0 spiro atoms. The number of benzene rings is 1. The fraction of sp³-hybridized carbons (Fsp3) is 0.500. The lowest BCUT2D eigenvalue weighted by molar-refractivity contribution is -0.140. The summed E-state index contributed by atoms with van der Waals surface area (Å²) in [5.74, 6) is 0.390. The second kappa shape index (κ2) is 7.29. The Bertz CT molecular complexity index is 753. The monoisotopic (exact) mass is 366 g/mol. The van der Waals surface area contributed by atoms with E-state index in [4.69, 9.17) is 0 Å². The van der Waals surface area contributed by atoms with Crippen LogP contribution in [0, 0.1) is 30.6 Å². The van der Waals surface area contributed by atoms with Gasteiger partial charge in [0.05, 0.1) is 11.8 Å². The van der Waals surface area contributed by atoms with Crippen molar-refractivity contribution in [2.75, 3.05) is 11.9 Å². The van der Waals surface area contributed by atoms with Crippen molar-refractivity contribution in [1.82, 2.24) is 4.90 Å². The molecule has 4 rings (SSSR count). The highest BCUT2D eigenvalue weighted by Crippen LogP contribution is 2.52. The first-order valence-corrected chi connectivity index (χ1v) is 9.94. The zero-order chi connectivity index (χ0) is 19.0. The summed E-state index contributed by atoms with van der Waals surface area (Å²) in [7, 11) is 0. The molecule has 2 bridgehead atoms. The Kier molecular flexibility index (Phi) is 4.85. The van der Waals surface area contributed by atoms with Crippen molar-refractivity contribution in [3.8, 4) is 0 Å². The van der Waals surface area contributed by atoms with Gasteiger partial charge in [-0.15, -0.1) is 0 Å². The molecular weight excluding hydrogens is 340 g/mol. The average molecular weight is 366 g/mol. The number of allylic oxidation sites excluding steroid dienone is 2. The van der Waals surface area contributed by atoms with Crippen LogP contribution in [0.5, 0.6) is 0 Å². The van der Waals surface area contributed by atoms with Gasteiger partial charge in [-0.2, -0.15) is 0 Å². The van der Waals surface area contributed by atoms with Gasteiger partial charge in [0.1, 0.15) is 0 Å². The third-order valence-corrected chi connectivity index (χ3v) is 6.18. The number of hydrogen-bond donors (Lipinski definition) is 1. The number of imide groups is 1. The van der Waals surface area contributed by atoms with Gasteiger partial charge in [-0.3, -0.25) is 19.3 Å². The molecule has 4 atom stereocenters. The highest BCUT2D eigenvalue weighted by Gasteiger charge is 2.58. The number of amides is 3. The van der Waals surface area contributed by atoms with Crippen LogP contribution < -0.4 is 5.32 Å². The molecule has 4 unspecified atom stereocenters. The summed E-state index contributed by atoms with van der Waals surface area (Å²) >= 11 is 0. The number of nitrogens with one attached hydrogen (secondary N) is 1. The summed E-state index contributed by atoms with van der Waals surface area (Å²) in [6.07, 6.45) is 8.01. The minimum atomic E-state index is -0.104. The molecule has 1 heterocycles. The number of carbonyl (C=O) groups is 3. The van der Waals surface area contributed by atoms with Gasteiger partial charge in [0.15, 0.2) is 0 Å². The SMILES string of the molecule is Cc1ccc(NC(=O)CCCCCN2C(=O)C3C4C=CC(C4)C3C2=O)cc1. The summed E-state index contributed by atoms with van der Waals surface area (Å²) in [4.78, 5) is 38.7. The maximum absolute atomic E-state index is 12.6. The van der Waals surface area contributed by atoms with Crippen molar-refractivity contribution in [3.63, 3.8) is 0 Å². The molecule has 0 radical (unpaired) electrons. The smallest absolute Gasteiger partial charge is 0.233 e. The van der Waals surface area contributed by atoms with E-state index >= 15 is 0 Å². The lowest BCUT2D eigenvalue weighted by Gasteiger charge is -2.17. The highest BCUT2D eigenvalue weighted by atomic mass is 16.2. The molecule has 1 N–H and O–H groups in total. The molecule has 5 nitrogen and oxygen atoms in total. The zero-order valence-electron chi connectivity index (χ0n) is 15.7. The predicted molar refractivity (Wildman–Crippen MR) is 103 cm³/mol. The molecular formula is C22H26N2O3. The van der Waals surface area contributed by atoms with Crippen LogP contribution in [-0.4, -0.2) is 29.2 Å². The molecule has 27 heavy (non-hydrogen) atoms. The first-order chi connectivity index (χ1) is 13.0. The first kappa shape index (κ1) is 18.0. The van der Waals surface area contributed by atoms with Gasteiger partial charge in [0.2, 0.25) is 17.7 Å². The van der Waals surface area contributed by atoms with Gasteiger partial charge in [0, 0.05) is 18.7 Å². The molecule has 3 aliphatic rings. The summed E-state index contributed by atoms with van der Waals surface area (Å²) in [6, 6.07) is 7.74. The molecule has 0 aromatic heterocycles. The number of anilines is 1. The van der Waals surface area contributed by atoms with E-state index in [1.807, 2.05) is 31.2 Å². The van der Waals surface area contributed by atoms with Crippen molar-refractivity contribution in [3.05, 3.63) is 42.0 Å². The Balaban J connectivity index is 1.18. The van der Waals surface area contributed by atoms with Crippen LogP contribution in [0.2, 0.25) is 0 Å². The number of hydrogen-bond acceptors (Lipinski definition) is 3. The number of aryl methyl sites for hydroxylation is 1. The van der Waals surface area contributed by atoms with E-state index in [-0.39, 0.29) is 41.4 Å². The average Bonchev–Trinajstić information content (AvgIpc) is 3.32. The van der Waals surface area contributed by atoms with Gasteiger partial charge < -0.3 is 5.32 Å². The Morgan fingerprint density at radius 3 is 2.26 bits per heavy atom. The van der Waals surface area contributed by atoms with E-state index in [0.717, 1.165) is 36.9 Å². The molecule has 1 saturated heterocycles. The van der Waals surface area contributed by atoms with Crippen LogP contribution >= 0.6 is 0 Å². The topological polar surface area (TPSA) is 66.5 Å². The molecule has 5 heteroatoms. The molecule has 1 saturated carbocycles. The lowest BCUT2D eigenvalue weighted by Crippen LogP contribution is -2.33. The van der Waals surface area contributed by atoms with Crippen LogP contribution in [0.15, 0.2) is 36.4 Å². The van der Waals surface area contributed by atoms with Crippen LogP contribution in [-0.2, 0) is 14.4 Å². The third-order valence-electron chi connectivity index (χ3n) is 6.18. The number of carbonyl (C=O) groups excluding carboxylic acids is 3. The molecule has 1 aromatic rings. The third kappa shape index (κ3) is 3.43. The van der Waals surface area contributed by atoms with E-state index in [1.54, 1.807) is 0 Å². The van der Waals surface area contributed by atoms with E-state index < -0.39 is 0 Å². The van der Waals surface area contributed by atoms with Gasteiger partial charge in [0.25, 0.3) is 0 Å². The number of rotatable bonds is 7. The highest BCUT2D eigenvalue weighted by molar-refractivity contribution is 6.06. The minimum absolute atomic E-state index is 0.00404. The Morgan fingerprint density at radius 2 is 1.63 bits per heavy atom. The Labute approximate surface area is 159 Å². The fourth-order valence-corrected chi connectivity index (χ4v) is 4.78. The van der Waals surface area contributed by atoms with E-state index in [2.05, 4.69) is 17.5 Å². The molecule has 1 aromatic carbocycles. The molecule has 1 aliphatic heterocycles. The number of likely N-dealkylation sites (tertiary alicyclic amines) is 1. The van der Waals surface area contributed by atoms with Crippen molar-refractivity contribution in [1.29, 1.82) is 0 Å². The zero-order valence-corrected chi connectivity index (χ0v) is 15.7. The fourth-order valence-electron chi connectivity index (χ4n) is 4.78. The lowest BCUT2D eigenvalue weighted by atomic mass is 9.85. The van der Waals surface area contributed by atoms with Crippen molar-refractivity contribution in [2.45, 2.75) is 39.0 Å².